The maximum atomic E-state index is 6.13. The number of rotatable bonds is 5. The molecule has 2 rings (SSSR count). The molecular formula is C15H18N2OS. The molecule has 0 aliphatic carbocycles. The summed E-state index contributed by atoms with van der Waals surface area (Å²) in [5.41, 5.74) is 7.31. The number of nitrogens with two attached hydrogens (primary N) is 1. The van der Waals surface area contributed by atoms with Gasteiger partial charge in [0.15, 0.2) is 0 Å². The molecule has 0 aliphatic heterocycles. The predicted molar refractivity (Wildman–Crippen MR) is 79.5 cm³/mol. The largest absolute Gasteiger partial charge is 0.497 e. The zero-order valence-electron chi connectivity index (χ0n) is 11.1. The minimum Gasteiger partial charge on any atom is -0.497 e. The molecule has 0 saturated carbocycles. The van der Waals surface area contributed by atoms with Crippen LogP contribution in [-0.2, 0) is 0 Å². The minimum atomic E-state index is 0.0465. The van der Waals surface area contributed by atoms with Crippen LogP contribution in [0, 0.1) is 0 Å². The van der Waals surface area contributed by atoms with Gasteiger partial charge in [-0.3, -0.25) is 4.98 Å². The molecule has 100 valence electrons. The van der Waals surface area contributed by atoms with Crippen molar-refractivity contribution in [1.29, 1.82) is 0 Å². The number of pyridine rings is 1. The Morgan fingerprint density at radius 3 is 2.58 bits per heavy atom. The number of thioether (sulfide) groups is 1. The van der Waals surface area contributed by atoms with E-state index in [1.165, 1.54) is 10.5 Å². The third-order valence-electron chi connectivity index (χ3n) is 2.81. The van der Waals surface area contributed by atoms with Gasteiger partial charge in [0.2, 0.25) is 0 Å². The Balaban J connectivity index is 2.24. The summed E-state index contributed by atoms with van der Waals surface area (Å²) in [6, 6.07) is 12.1. The lowest BCUT2D eigenvalue weighted by molar-refractivity contribution is 0.414. The fourth-order valence-corrected chi connectivity index (χ4v) is 2.93. The van der Waals surface area contributed by atoms with Gasteiger partial charge in [-0.2, -0.15) is 0 Å². The number of methoxy groups -OCH3 is 1. The first-order valence-electron chi connectivity index (χ1n) is 6.17. The molecule has 0 bridgehead atoms. The van der Waals surface area contributed by atoms with Crippen molar-refractivity contribution in [2.75, 3.05) is 7.11 Å². The Morgan fingerprint density at radius 1 is 1.21 bits per heavy atom. The van der Waals surface area contributed by atoms with Crippen LogP contribution in [0.1, 0.15) is 17.7 Å². The van der Waals surface area contributed by atoms with Gasteiger partial charge in [0.25, 0.3) is 0 Å². The van der Waals surface area contributed by atoms with Gasteiger partial charge in [0.05, 0.1) is 7.11 Å². The first-order valence-corrected chi connectivity index (χ1v) is 7.05. The number of benzene rings is 1. The van der Waals surface area contributed by atoms with Crippen LogP contribution in [0.4, 0.5) is 0 Å². The molecule has 2 N–H and O–H groups in total. The number of hydrogen-bond donors (Lipinski definition) is 1. The summed E-state index contributed by atoms with van der Waals surface area (Å²) in [6.07, 6.45) is 3.60. The molecule has 0 saturated heterocycles. The van der Waals surface area contributed by atoms with Gasteiger partial charge >= 0.3 is 0 Å². The highest BCUT2D eigenvalue weighted by Gasteiger charge is 2.18. The molecule has 2 atom stereocenters. The summed E-state index contributed by atoms with van der Waals surface area (Å²) in [5.74, 6) is 0.860. The number of hydrogen-bond acceptors (Lipinski definition) is 4. The fourth-order valence-electron chi connectivity index (χ4n) is 1.86. The minimum absolute atomic E-state index is 0.0465. The lowest BCUT2D eigenvalue weighted by atomic mass is 10.1. The number of nitrogens with zero attached hydrogens (tertiary/aromatic N) is 1. The van der Waals surface area contributed by atoms with Crippen molar-refractivity contribution >= 4 is 11.8 Å². The third-order valence-corrected chi connectivity index (χ3v) is 4.31. The highest BCUT2D eigenvalue weighted by Crippen LogP contribution is 2.37. The highest BCUT2D eigenvalue weighted by molar-refractivity contribution is 7.99. The van der Waals surface area contributed by atoms with E-state index in [0.717, 1.165) is 5.75 Å². The van der Waals surface area contributed by atoms with E-state index in [9.17, 15) is 0 Å². The molecule has 0 spiro atoms. The second-order valence-corrected chi connectivity index (χ2v) is 5.57. The zero-order chi connectivity index (χ0) is 13.7. The maximum absolute atomic E-state index is 6.13. The molecule has 0 radical (unpaired) electrons. The molecule has 4 heteroatoms. The Kier molecular flexibility index (Phi) is 4.82. The van der Waals surface area contributed by atoms with Crippen LogP contribution in [0.2, 0.25) is 0 Å². The molecule has 2 aromatic rings. The van der Waals surface area contributed by atoms with Crippen LogP contribution >= 0.6 is 11.8 Å². The fraction of sp³-hybridized carbons (Fsp3) is 0.267. The second kappa shape index (κ2) is 6.59. The van der Waals surface area contributed by atoms with Gasteiger partial charge in [0, 0.05) is 28.6 Å². The molecule has 1 aromatic heterocycles. The summed E-state index contributed by atoms with van der Waals surface area (Å²) >= 11 is 1.75. The van der Waals surface area contributed by atoms with E-state index in [4.69, 9.17) is 10.5 Å². The molecular weight excluding hydrogens is 256 g/mol. The molecule has 0 aliphatic rings. The summed E-state index contributed by atoms with van der Waals surface area (Å²) in [4.78, 5) is 5.20. The zero-order valence-corrected chi connectivity index (χ0v) is 11.9. The van der Waals surface area contributed by atoms with E-state index >= 15 is 0 Å². The van der Waals surface area contributed by atoms with Crippen molar-refractivity contribution in [3.8, 4) is 5.75 Å². The number of aromatic nitrogens is 1. The molecule has 0 fully saturated rings. The van der Waals surface area contributed by atoms with Crippen LogP contribution in [0.25, 0.3) is 0 Å². The van der Waals surface area contributed by atoms with Crippen molar-refractivity contribution in [2.45, 2.75) is 23.1 Å². The topological polar surface area (TPSA) is 48.1 Å². The van der Waals surface area contributed by atoms with Gasteiger partial charge in [0.1, 0.15) is 5.75 Å². The van der Waals surface area contributed by atoms with E-state index in [2.05, 4.69) is 11.1 Å². The average Bonchev–Trinajstić information content (AvgIpc) is 2.45. The van der Waals surface area contributed by atoms with Crippen molar-refractivity contribution in [3.63, 3.8) is 0 Å². The SMILES string of the molecule is COc1cccc(C(Sc2ccncc2)C(C)N)c1. The molecule has 3 nitrogen and oxygen atoms in total. The standard InChI is InChI=1S/C15H18N2OS/c1-11(16)15(19-14-6-8-17-9-7-14)12-4-3-5-13(10-12)18-2/h3-11,15H,16H2,1-2H3. The smallest absolute Gasteiger partial charge is 0.119 e. The van der Waals surface area contributed by atoms with Gasteiger partial charge in [-0.25, -0.2) is 0 Å². The Morgan fingerprint density at radius 2 is 1.95 bits per heavy atom. The summed E-state index contributed by atoms with van der Waals surface area (Å²) < 4.78 is 5.27. The van der Waals surface area contributed by atoms with Crippen molar-refractivity contribution in [3.05, 3.63) is 54.4 Å². The van der Waals surface area contributed by atoms with Gasteiger partial charge in [-0.1, -0.05) is 12.1 Å². The normalized spacial score (nSPS) is 13.8. The van der Waals surface area contributed by atoms with Crippen molar-refractivity contribution in [1.82, 2.24) is 4.98 Å². The summed E-state index contributed by atoms with van der Waals surface area (Å²) in [5, 5.41) is 0.192. The summed E-state index contributed by atoms with van der Waals surface area (Å²) in [6.45, 7) is 2.03. The predicted octanol–water partition coefficient (Wildman–Crippen LogP) is 3.27. The highest BCUT2D eigenvalue weighted by atomic mass is 32.2. The van der Waals surface area contributed by atoms with Crippen molar-refractivity contribution < 1.29 is 4.74 Å². The molecule has 0 amide bonds. The second-order valence-electron chi connectivity index (χ2n) is 4.36. The first kappa shape index (κ1) is 13.9. The van der Waals surface area contributed by atoms with E-state index in [1.807, 2.05) is 37.3 Å². The summed E-state index contributed by atoms with van der Waals surface area (Å²) in [7, 11) is 1.68. The van der Waals surface area contributed by atoms with E-state index < -0.39 is 0 Å². The van der Waals surface area contributed by atoms with E-state index in [-0.39, 0.29) is 11.3 Å². The van der Waals surface area contributed by atoms with Crippen molar-refractivity contribution in [2.24, 2.45) is 5.73 Å². The van der Waals surface area contributed by atoms with Gasteiger partial charge < -0.3 is 10.5 Å². The molecule has 19 heavy (non-hydrogen) atoms. The molecule has 2 unspecified atom stereocenters. The molecule has 1 heterocycles. The van der Waals surface area contributed by atoms with Crippen LogP contribution in [0.3, 0.4) is 0 Å². The maximum Gasteiger partial charge on any atom is 0.119 e. The Labute approximate surface area is 118 Å². The third kappa shape index (κ3) is 3.72. The van der Waals surface area contributed by atoms with Gasteiger partial charge in [-0.15, -0.1) is 11.8 Å². The van der Waals surface area contributed by atoms with Crippen LogP contribution in [-0.4, -0.2) is 18.1 Å². The Hall–Kier alpha value is -1.52. The Bertz CT molecular complexity index is 517. The van der Waals surface area contributed by atoms with Crippen LogP contribution in [0.15, 0.2) is 53.7 Å². The van der Waals surface area contributed by atoms with E-state index in [0.29, 0.717) is 0 Å². The quantitative estimate of drug-likeness (QED) is 0.850. The number of ether oxygens (including phenoxy) is 1. The molecule has 1 aromatic carbocycles. The monoisotopic (exact) mass is 274 g/mol. The van der Waals surface area contributed by atoms with Crippen LogP contribution < -0.4 is 10.5 Å². The van der Waals surface area contributed by atoms with Crippen LogP contribution in [0.5, 0.6) is 5.75 Å². The lowest BCUT2D eigenvalue weighted by Crippen LogP contribution is -2.22. The van der Waals surface area contributed by atoms with E-state index in [1.54, 1.807) is 31.3 Å². The first-order chi connectivity index (χ1) is 9.20. The van der Waals surface area contributed by atoms with Gasteiger partial charge in [-0.05, 0) is 36.8 Å². The average molecular weight is 274 g/mol. The lowest BCUT2D eigenvalue weighted by Gasteiger charge is -2.21.